The van der Waals surface area contributed by atoms with Crippen LogP contribution in [0.15, 0.2) is 18.2 Å². The number of likely N-dealkylation sites (tertiary alicyclic amines) is 1. The van der Waals surface area contributed by atoms with E-state index in [0.717, 1.165) is 44.7 Å². The molecule has 1 unspecified atom stereocenters. The summed E-state index contributed by atoms with van der Waals surface area (Å²) in [7, 11) is 0. The monoisotopic (exact) mass is 480 g/mol. The lowest BCUT2D eigenvalue weighted by Gasteiger charge is -2.60. The summed E-state index contributed by atoms with van der Waals surface area (Å²) in [6, 6.07) is 3.65. The SMILES string of the molecule is CC(N1Cc2cc(Cl)ccc2-n2c(nnc2N2CC3(CN(C(=O)C4CC4)C3)C2)C1)C(F)(F)F. The van der Waals surface area contributed by atoms with Gasteiger partial charge in [0.15, 0.2) is 5.82 Å². The van der Waals surface area contributed by atoms with E-state index in [2.05, 4.69) is 15.1 Å². The molecule has 4 aliphatic rings. The first-order chi connectivity index (χ1) is 15.6. The Morgan fingerprint density at radius 3 is 2.55 bits per heavy atom. The van der Waals surface area contributed by atoms with E-state index in [1.54, 1.807) is 12.1 Å². The van der Waals surface area contributed by atoms with E-state index in [-0.39, 0.29) is 30.3 Å². The molecule has 4 heterocycles. The number of aromatic nitrogens is 3. The molecule has 0 radical (unpaired) electrons. The van der Waals surface area contributed by atoms with Gasteiger partial charge in [0.2, 0.25) is 11.9 Å². The second kappa shape index (κ2) is 7.09. The Kier molecular flexibility index (Phi) is 4.56. The first-order valence-electron chi connectivity index (χ1n) is 11.2. The number of hydrogen-bond donors (Lipinski definition) is 0. The van der Waals surface area contributed by atoms with Crippen LogP contribution >= 0.6 is 11.6 Å². The Labute approximate surface area is 194 Å². The van der Waals surface area contributed by atoms with Crippen molar-refractivity contribution in [3.63, 3.8) is 0 Å². The molecule has 1 amide bonds. The van der Waals surface area contributed by atoms with Gasteiger partial charge in [-0.25, -0.2) is 0 Å². The van der Waals surface area contributed by atoms with Crippen LogP contribution in [0.3, 0.4) is 0 Å². The van der Waals surface area contributed by atoms with Crippen molar-refractivity contribution in [1.29, 1.82) is 0 Å². The summed E-state index contributed by atoms with van der Waals surface area (Å²) in [5.74, 6) is 1.62. The minimum absolute atomic E-state index is 0.0304. The molecule has 2 aromatic rings. The van der Waals surface area contributed by atoms with Gasteiger partial charge in [-0.05, 0) is 43.5 Å². The van der Waals surface area contributed by atoms with Crippen molar-refractivity contribution in [1.82, 2.24) is 24.6 Å². The molecule has 3 fully saturated rings. The summed E-state index contributed by atoms with van der Waals surface area (Å²) >= 11 is 6.19. The van der Waals surface area contributed by atoms with E-state index in [1.807, 2.05) is 15.5 Å². The third kappa shape index (κ3) is 3.49. The van der Waals surface area contributed by atoms with Crippen LogP contribution < -0.4 is 4.90 Å². The number of nitrogens with zero attached hydrogens (tertiary/aromatic N) is 6. The lowest BCUT2D eigenvalue weighted by molar-refractivity contribution is -0.182. The number of benzene rings is 1. The largest absolute Gasteiger partial charge is 0.403 e. The van der Waals surface area contributed by atoms with Gasteiger partial charge in [-0.15, -0.1) is 10.2 Å². The van der Waals surface area contributed by atoms with Gasteiger partial charge in [-0.2, -0.15) is 13.2 Å². The molecule has 1 spiro atoms. The predicted molar refractivity (Wildman–Crippen MR) is 115 cm³/mol. The number of fused-ring (bicyclic) bond motifs is 3. The number of amides is 1. The van der Waals surface area contributed by atoms with Crippen LogP contribution in [0.1, 0.15) is 31.2 Å². The molecule has 1 saturated carbocycles. The van der Waals surface area contributed by atoms with Crippen LogP contribution in [0, 0.1) is 11.3 Å². The maximum atomic E-state index is 13.5. The van der Waals surface area contributed by atoms with Crippen LogP contribution in [0.2, 0.25) is 5.02 Å². The summed E-state index contributed by atoms with van der Waals surface area (Å²) in [4.78, 5) is 17.7. The summed E-state index contributed by atoms with van der Waals surface area (Å²) in [6.07, 6.45) is -2.34. The lowest BCUT2D eigenvalue weighted by Crippen LogP contribution is -2.73. The second-order valence-electron chi connectivity index (χ2n) is 9.97. The van der Waals surface area contributed by atoms with Crippen molar-refractivity contribution in [2.24, 2.45) is 11.3 Å². The highest BCUT2D eigenvalue weighted by atomic mass is 35.5. The van der Waals surface area contributed by atoms with E-state index >= 15 is 0 Å². The normalized spacial score (nSPS) is 22.8. The minimum Gasteiger partial charge on any atom is -0.341 e. The fraction of sp³-hybridized carbons (Fsp3) is 0.591. The minimum atomic E-state index is -4.35. The standard InChI is InChI=1S/C22H24ClF3N6O/c1-13(22(24,25)26)29-7-15-6-16(23)4-5-17(15)32-18(8-29)27-28-20(32)31-11-21(12-31)9-30(10-21)19(33)14-2-3-14/h4-6,13-14H,2-3,7-12H2,1H3. The van der Waals surface area contributed by atoms with Gasteiger partial charge in [-0.3, -0.25) is 14.3 Å². The number of alkyl halides is 3. The molecule has 1 aromatic heterocycles. The van der Waals surface area contributed by atoms with Crippen LogP contribution in [0.5, 0.6) is 0 Å². The van der Waals surface area contributed by atoms with Crippen molar-refractivity contribution < 1.29 is 18.0 Å². The number of rotatable bonds is 3. The third-order valence-electron chi connectivity index (χ3n) is 7.36. The summed E-state index contributed by atoms with van der Waals surface area (Å²) in [5, 5.41) is 9.14. The van der Waals surface area contributed by atoms with Crippen molar-refractivity contribution >= 4 is 23.5 Å². The summed E-state index contributed by atoms with van der Waals surface area (Å²) < 4.78 is 42.4. The highest BCUT2D eigenvalue weighted by Gasteiger charge is 2.55. The van der Waals surface area contributed by atoms with E-state index in [9.17, 15) is 18.0 Å². The zero-order valence-corrected chi connectivity index (χ0v) is 18.9. The zero-order chi connectivity index (χ0) is 23.1. The summed E-state index contributed by atoms with van der Waals surface area (Å²) in [6.45, 7) is 4.36. The average Bonchev–Trinajstić information content (AvgIpc) is 3.48. The fourth-order valence-electron chi connectivity index (χ4n) is 5.31. The van der Waals surface area contributed by atoms with Gasteiger partial charge in [-0.1, -0.05) is 11.6 Å². The molecule has 2 saturated heterocycles. The number of hydrogen-bond acceptors (Lipinski definition) is 5. The first kappa shape index (κ1) is 21.2. The van der Waals surface area contributed by atoms with Crippen LogP contribution in [0.25, 0.3) is 5.69 Å². The van der Waals surface area contributed by atoms with Gasteiger partial charge in [0.25, 0.3) is 0 Å². The number of anilines is 1. The Balaban J connectivity index is 1.27. The Morgan fingerprint density at radius 1 is 1.15 bits per heavy atom. The molecule has 176 valence electrons. The molecule has 33 heavy (non-hydrogen) atoms. The third-order valence-corrected chi connectivity index (χ3v) is 7.60. The van der Waals surface area contributed by atoms with Crippen LogP contribution in [-0.4, -0.2) is 68.9 Å². The Morgan fingerprint density at radius 2 is 1.88 bits per heavy atom. The van der Waals surface area contributed by atoms with Crippen LogP contribution in [0.4, 0.5) is 19.1 Å². The molecular formula is C22H24ClF3N6O. The molecule has 11 heteroatoms. The molecule has 3 aliphatic heterocycles. The highest BCUT2D eigenvalue weighted by Crippen LogP contribution is 2.45. The molecule has 1 aromatic carbocycles. The van der Waals surface area contributed by atoms with E-state index in [0.29, 0.717) is 22.4 Å². The van der Waals surface area contributed by atoms with E-state index in [1.165, 1.54) is 11.8 Å². The molecular weight excluding hydrogens is 457 g/mol. The van der Waals surface area contributed by atoms with Gasteiger partial charge in [0, 0.05) is 49.1 Å². The lowest BCUT2D eigenvalue weighted by atomic mass is 9.73. The Bertz CT molecular complexity index is 1120. The quantitative estimate of drug-likeness (QED) is 0.675. The molecule has 1 aliphatic carbocycles. The zero-order valence-electron chi connectivity index (χ0n) is 18.1. The number of carbonyl (C=O) groups is 1. The maximum absolute atomic E-state index is 13.5. The highest BCUT2D eigenvalue weighted by molar-refractivity contribution is 6.30. The van der Waals surface area contributed by atoms with Crippen molar-refractivity contribution in [3.05, 3.63) is 34.6 Å². The Hall–Kier alpha value is -2.33. The van der Waals surface area contributed by atoms with Gasteiger partial charge < -0.3 is 9.80 Å². The summed E-state index contributed by atoms with van der Waals surface area (Å²) in [5.41, 5.74) is 1.55. The van der Waals surface area contributed by atoms with Gasteiger partial charge in [0.1, 0.15) is 6.04 Å². The molecule has 7 nitrogen and oxygen atoms in total. The second-order valence-corrected chi connectivity index (χ2v) is 10.4. The average molecular weight is 481 g/mol. The van der Waals surface area contributed by atoms with Crippen molar-refractivity contribution in [2.75, 3.05) is 31.1 Å². The van der Waals surface area contributed by atoms with E-state index in [4.69, 9.17) is 11.6 Å². The molecule has 6 rings (SSSR count). The van der Waals surface area contributed by atoms with Crippen molar-refractivity contribution in [3.8, 4) is 5.69 Å². The fourth-order valence-corrected chi connectivity index (χ4v) is 5.50. The van der Waals surface area contributed by atoms with Crippen molar-refractivity contribution in [2.45, 2.75) is 45.1 Å². The van der Waals surface area contributed by atoms with E-state index < -0.39 is 12.2 Å². The number of carbonyl (C=O) groups excluding carboxylic acids is 1. The smallest absolute Gasteiger partial charge is 0.341 e. The first-order valence-corrected chi connectivity index (χ1v) is 11.6. The topological polar surface area (TPSA) is 57.5 Å². The van der Waals surface area contributed by atoms with Crippen LogP contribution in [-0.2, 0) is 17.9 Å². The molecule has 0 N–H and O–H groups in total. The van der Waals surface area contributed by atoms with Gasteiger partial charge in [0.05, 0.1) is 12.2 Å². The van der Waals surface area contributed by atoms with Gasteiger partial charge >= 0.3 is 6.18 Å². The molecule has 1 atom stereocenters. The molecule has 0 bridgehead atoms. The predicted octanol–water partition coefficient (Wildman–Crippen LogP) is 3.25. The maximum Gasteiger partial charge on any atom is 0.403 e. The number of halogens is 4.